The normalized spacial score (nSPS) is 20.6. The molecule has 1 aliphatic carbocycles. The largest absolute Gasteiger partial charge is 0.386 e. The summed E-state index contributed by atoms with van der Waals surface area (Å²) in [4.78, 5) is 17.3. The van der Waals surface area contributed by atoms with E-state index in [0.29, 0.717) is 11.1 Å². The topological polar surface area (TPSA) is 67.2 Å². The fourth-order valence-electron chi connectivity index (χ4n) is 3.07. The van der Waals surface area contributed by atoms with Crippen molar-refractivity contribution in [3.63, 3.8) is 0 Å². The molecule has 3 rings (SSSR count). The SMILES string of the molecule is [2H]C([2H])([2H])C(C)(CC(=O)Nc1nc2ccc(C(C)(C)O)cc2n1C1CCC1)C([2H])([2H])[2H]. The Morgan fingerprint density at radius 2 is 2.12 bits per heavy atom. The van der Waals surface area contributed by atoms with Crippen LogP contribution in [0.4, 0.5) is 5.95 Å². The summed E-state index contributed by atoms with van der Waals surface area (Å²) >= 11 is 0. The minimum Gasteiger partial charge on any atom is -0.386 e. The Kier molecular flexibility index (Phi) is 2.86. The van der Waals surface area contributed by atoms with Gasteiger partial charge >= 0.3 is 0 Å². The van der Waals surface area contributed by atoms with Gasteiger partial charge in [0.2, 0.25) is 11.9 Å². The highest BCUT2D eigenvalue weighted by atomic mass is 16.3. The second kappa shape index (κ2) is 6.13. The van der Waals surface area contributed by atoms with Crippen LogP contribution in [0, 0.1) is 5.41 Å². The van der Waals surface area contributed by atoms with Crippen LogP contribution in [0.3, 0.4) is 0 Å². The number of aliphatic hydroxyl groups is 1. The van der Waals surface area contributed by atoms with Gasteiger partial charge in [-0.25, -0.2) is 4.98 Å². The van der Waals surface area contributed by atoms with Crippen molar-refractivity contribution in [2.45, 2.75) is 71.8 Å². The maximum atomic E-state index is 12.8. The number of benzene rings is 1. The van der Waals surface area contributed by atoms with E-state index >= 15 is 0 Å². The zero-order valence-corrected chi connectivity index (χ0v) is 14.9. The lowest BCUT2D eigenvalue weighted by molar-refractivity contribution is -0.117. The second-order valence-corrected chi connectivity index (χ2v) is 7.71. The Hall–Kier alpha value is -1.88. The third kappa shape index (κ3) is 3.87. The van der Waals surface area contributed by atoms with Crippen LogP contribution >= 0.6 is 0 Å². The summed E-state index contributed by atoms with van der Waals surface area (Å²) < 4.78 is 48.0. The number of aromatic nitrogens is 2. The quantitative estimate of drug-likeness (QED) is 0.861. The molecule has 0 bridgehead atoms. The van der Waals surface area contributed by atoms with Crippen molar-refractivity contribution < 1.29 is 18.1 Å². The summed E-state index contributed by atoms with van der Waals surface area (Å²) in [5, 5.41) is 13.0. The molecule has 0 spiro atoms. The van der Waals surface area contributed by atoms with Gasteiger partial charge in [-0.2, -0.15) is 0 Å². The van der Waals surface area contributed by atoms with Gasteiger partial charge in [0.25, 0.3) is 0 Å². The van der Waals surface area contributed by atoms with Crippen LogP contribution in [0.2, 0.25) is 0 Å². The van der Waals surface area contributed by atoms with Crippen LogP contribution in [-0.2, 0) is 10.4 Å². The summed E-state index contributed by atoms with van der Waals surface area (Å²) in [5.41, 5.74) is -1.15. The Morgan fingerprint density at radius 3 is 2.68 bits per heavy atom. The summed E-state index contributed by atoms with van der Waals surface area (Å²) in [6.45, 7) is -1.22. The van der Waals surface area contributed by atoms with Crippen LogP contribution in [-0.4, -0.2) is 20.6 Å². The van der Waals surface area contributed by atoms with Gasteiger partial charge in [0.1, 0.15) is 0 Å². The molecule has 5 heteroatoms. The smallest absolute Gasteiger partial charge is 0.227 e. The fraction of sp³-hybridized carbons (Fsp3) is 0.600. The first-order valence-corrected chi connectivity index (χ1v) is 8.59. The molecule has 1 aromatic heterocycles. The summed E-state index contributed by atoms with van der Waals surface area (Å²) in [6, 6.07) is 5.49. The zero-order chi connectivity index (χ0) is 23.4. The first-order valence-electron chi connectivity index (χ1n) is 11.6. The second-order valence-electron chi connectivity index (χ2n) is 7.71. The van der Waals surface area contributed by atoms with E-state index in [-0.39, 0.29) is 12.0 Å². The number of rotatable bonds is 4. The summed E-state index contributed by atoms with van der Waals surface area (Å²) in [6.07, 6.45) is 2.16. The van der Waals surface area contributed by atoms with E-state index in [9.17, 15) is 9.90 Å². The van der Waals surface area contributed by atoms with Crippen molar-refractivity contribution in [3.8, 4) is 0 Å². The average molecular weight is 350 g/mol. The highest BCUT2D eigenvalue weighted by Gasteiger charge is 2.27. The summed E-state index contributed by atoms with van der Waals surface area (Å²) in [5.74, 6) is -0.454. The van der Waals surface area contributed by atoms with Crippen molar-refractivity contribution in [1.29, 1.82) is 0 Å². The molecule has 2 N–H and O–H groups in total. The highest BCUT2D eigenvalue weighted by Crippen LogP contribution is 2.38. The minimum atomic E-state index is -2.84. The first kappa shape index (κ1) is 11.7. The molecule has 0 atom stereocenters. The van der Waals surface area contributed by atoms with E-state index in [1.165, 1.54) is 0 Å². The Morgan fingerprint density at radius 1 is 1.40 bits per heavy atom. The number of nitrogens with one attached hydrogen (secondary N) is 1. The first-order chi connectivity index (χ1) is 14.0. The lowest BCUT2D eigenvalue weighted by Gasteiger charge is -2.29. The van der Waals surface area contributed by atoms with Gasteiger partial charge in [0.05, 0.1) is 16.6 Å². The number of amides is 1. The van der Waals surface area contributed by atoms with Crippen LogP contribution < -0.4 is 5.32 Å². The van der Waals surface area contributed by atoms with Gasteiger partial charge in [0, 0.05) is 20.7 Å². The predicted octanol–water partition coefficient (Wildman–Crippen LogP) is 4.36. The van der Waals surface area contributed by atoms with Crippen molar-refractivity contribution in [2.24, 2.45) is 5.41 Å². The number of nitrogens with zero attached hydrogens (tertiary/aromatic N) is 2. The number of carbonyl (C=O) groups is 1. The lowest BCUT2D eigenvalue weighted by atomic mass is 9.92. The molecular formula is C20H29N3O2. The van der Waals surface area contributed by atoms with Crippen LogP contribution in [0.1, 0.15) is 80.0 Å². The number of hydrogen-bond acceptors (Lipinski definition) is 3. The van der Waals surface area contributed by atoms with Crippen molar-refractivity contribution in [2.75, 3.05) is 5.32 Å². The molecule has 0 radical (unpaired) electrons. The number of hydrogen-bond donors (Lipinski definition) is 2. The van der Waals surface area contributed by atoms with Crippen LogP contribution in [0.5, 0.6) is 0 Å². The Labute approximate surface area is 157 Å². The Balaban J connectivity index is 1.98. The lowest BCUT2D eigenvalue weighted by Crippen LogP contribution is -2.24. The molecule has 1 amide bonds. The molecule has 1 aromatic carbocycles. The third-order valence-corrected chi connectivity index (χ3v) is 4.60. The highest BCUT2D eigenvalue weighted by molar-refractivity contribution is 5.92. The van der Waals surface area contributed by atoms with Crippen LogP contribution in [0.15, 0.2) is 18.2 Å². The van der Waals surface area contributed by atoms with E-state index in [2.05, 4.69) is 10.3 Å². The molecule has 1 heterocycles. The van der Waals surface area contributed by atoms with E-state index < -0.39 is 37.0 Å². The predicted molar refractivity (Wildman–Crippen MR) is 101 cm³/mol. The molecule has 0 unspecified atom stereocenters. The maximum Gasteiger partial charge on any atom is 0.227 e. The molecule has 136 valence electrons. The summed E-state index contributed by atoms with van der Waals surface area (Å²) in [7, 11) is 0. The molecule has 0 saturated heterocycles. The van der Waals surface area contributed by atoms with Crippen molar-refractivity contribution >= 4 is 22.9 Å². The van der Waals surface area contributed by atoms with Gasteiger partial charge in [-0.1, -0.05) is 26.7 Å². The van der Waals surface area contributed by atoms with Gasteiger partial charge in [-0.15, -0.1) is 0 Å². The zero-order valence-electron chi connectivity index (χ0n) is 20.9. The fourth-order valence-corrected chi connectivity index (χ4v) is 3.07. The van der Waals surface area contributed by atoms with E-state index in [4.69, 9.17) is 8.22 Å². The third-order valence-electron chi connectivity index (χ3n) is 4.60. The molecular weight excluding hydrogens is 314 g/mol. The van der Waals surface area contributed by atoms with E-state index in [1.807, 2.05) is 10.6 Å². The molecule has 1 aliphatic rings. The molecule has 2 aromatic rings. The number of imidazole rings is 1. The number of fused-ring (bicyclic) bond motifs is 1. The standard InChI is InChI=1S/C20H29N3O2/c1-19(2,3)12-17(24)22-18-21-15-10-9-13(20(4,5)25)11-16(15)23(18)14-7-6-8-14/h9-11,14,25H,6-8,12H2,1-5H3,(H,21,22,24)/i1D3,2D3. The van der Waals surface area contributed by atoms with Crippen molar-refractivity contribution in [1.82, 2.24) is 9.55 Å². The molecule has 0 aliphatic heterocycles. The monoisotopic (exact) mass is 349 g/mol. The van der Waals surface area contributed by atoms with Gasteiger partial charge in [0.15, 0.2) is 0 Å². The van der Waals surface area contributed by atoms with Gasteiger partial charge < -0.3 is 9.67 Å². The maximum absolute atomic E-state index is 12.8. The van der Waals surface area contributed by atoms with Gasteiger partial charge in [-0.3, -0.25) is 10.1 Å². The number of carbonyl (C=O) groups excluding carboxylic acids is 1. The molecule has 1 fully saturated rings. The molecule has 5 nitrogen and oxygen atoms in total. The van der Waals surface area contributed by atoms with Gasteiger partial charge in [-0.05, 0) is 56.2 Å². The van der Waals surface area contributed by atoms with E-state index in [1.54, 1.807) is 26.0 Å². The minimum absolute atomic E-state index is 0.119. The number of anilines is 1. The molecule has 1 saturated carbocycles. The van der Waals surface area contributed by atoms with Crippen LogP contribution in [0.25, 0.3) is 11.0 Å². The molecule has 25 heavy (non-hydrogen) atoms. The Bertz CT molecular complexity index is 970. The average Bonchev–Trinajstić information content (AvgIpc) is 2.87. The van der Waals surface area contributed by atoms with E-state index in [0.717, 1.165) is 31.7 Å². The van der Waals surface area contributed by atoms with Crippen molar-refractivity contribution in [3.05, 3.63) is 23.8 Å².